The number of aryl methyl sites for hydroxylation is 1. The zero-order valence-corrected chi connectivity index (χ0v) is 11.3. The predicted octanol–water partition coefficient (Wildman–Crippen LogP) is 0.883. The lowest BCUT2D eigenvalue weighted by atomic mass is 9.85. The van der Waals surface area contributed by atoms with E-state index in [1.54, 1.807) is 10.9 Å². The van der Waals surface area contributed by atoms with E-state index in [1.807, 2.05) is 13.1 Å². The fraction of sp³-hybridized carbons (Fsp3) is 0.583. The van der Waals surface area contributed by atoms with Gasteiger partial charge in [-0.05, 0) is 18.9 Å². The summed E-state index contributed by atoms with van der Waals surface area (Å²) in [5.74, 6) is -0.0475. The summed E-state index contributed by atoms with van der Waals surface area (Å²) in [5, 5.41) is 6.98. The molecular weight excluding hydrogens is 248 g/mol. The van der Waals surface area contributed by atoms with Gasteiger partial charge >= 0.3 is 0 Å². The van der Waals surface area contributed by atoms with Crippen LogP contribution >= 0.6 is 12.2 Å². The van der Waals surface area contributed by atoms with Crippen molar-refractivity contribution >= 4 is 23.1 Å². The number of aromatic nitrogens is 2. The summed E-state index contributed by atoms with van der Waals surface area (Å²) in [4.78, 5) is 12.6. The Morgan fingerprint density at radius 2 is 2.28 bits per heavy atom. The Labute approximate surface area is 112 Å². The number of nitrogens with zero attached hydrogens (tertiary/aromatic N) is 2. The summed E-state index contributed by atoms with van der Waals surface area (Å²) in [6.07, 6.45) is 5.26. The molecule has 2 rings (SSSR count). The molecule has 1 amide bonds. The van der Waals surface area contributed by atoms with E-state index < -0.39 is 5.41 Å². The van der Waals surface area contributed by atoms with Crippen LogP contribution < -0.4 is 11.1 Å². The number of amides is 1. The molecule has 3 N–H and O–H groups in total. The molecule has 6 heteroatoms. The molecular formula is C12H18N4OS. The zero-order chi connectivity index (χ0) is 13.2. The van der Waals surface area contributed by atoms with E-state index in [-0.39, 0.29) is 5.91 Å². The lowest BCUT2D eigenvalue weighted by Gasteiger charge is -2.26. The van der Waals surface area contributed by atoms with Gasteiger partial charge in [0, 0.05) is 13.2 Å². The Kier molecular flexibility index (Phi) is 3.65. The second-order valence-electron chi connectivity index (χ2n) is 4.78. The maximum atomic E-state index is 12.3. The molecule has 0 aromatic carbocycles. The first-order valence-corrected chi connectivity index (χ1v) is 6.52. The SMILES string of the molecule is Cn1nccc1CNC(=O)C1(C(N)=S)CCCC1. The topological polar surface area (TPSA) is 72.9 Å². The maximum absolute atomic E-state index is 12.3. The van der Waals surface area contributed by atoms with E-state index in [0.717, 1.165) is 31.4 Å². The number of carbonyl (C=O) groups is 1. The van der Waals surface area contributed by atoms with Crippen molar-refractivity contribution in [2.45, 2.75) is 32.2 Å². The van der Waals surface area contributed by atoms with E-state index >= 15 is 0 Å². The molecule has 0 radical (unpaired) electrons. The van der Waals surface area contributed by atoms with Crippen molar-refractivity contribution in [2.24, 2.45) is 18.2 Å². The van der Waals surface area contributed by atoms with Crippen molar-refractivity contribution in [3.8, 4) is 0 Å². The second kappa shape index (κ2) is 5.06. The molecule has 1 fully saturated rings. The number of hydrogen-bond acceptors (Lipinski definition) is 3. The van der Waals surface area contributed by atoms with Gasteiger partial charge in [0.2, 0.25) is 5.91 Å². The summed E-state index contributed by atoms with van der Waals surface area (Å²) in [6.45, 7) is 0.458. The largest absolute Gasteiger partial charge is 0.392 e. The third-order valence-electron chi connectivity index (χ3n) is 3.72. The first kappa shape index (κ1) is 13.0. The van der Waals surface area contributed by atoms with Crippen molar-refractivity contribution in [3.05, 3.63) is 18.0 Å². The molecule has 0 atom stereocenters. The maximum Gasteiger partial charge on any atom is 0.233 e. The van der Waals surface area contributed by atoms with Gasteiger partial charge in [-0.25, -0.2) is 0 Å². The molecule has 18 heavy (non-hydrogen) atoms. The van der Waals surface area contributed by atoms with Gasteiger partial charge in [-0.1, -0.05) is 25.1 Å². The minimum Gasteiger partial charge on any atom is -0.392 e. The highest BCUT2D eigenvalue weighted by Gasteiger charge is 2.43. The van der Waals surface area contributed by atoms with Crippen LogP contribution in [-0.2, 0) is 18.4 Å². The third-order valence-corrected chi connectivity index (χ3v) is 4.11. The minimum atomic E-state index is -0.631. The molecule has 98 valence electrons. The van der Waals surface area contributed by atoms with Crippen molar-refractivity contribution in [3.63, 3.8) is 0 Å². The van der Waals surface area contributed by atoms with Crippen LogP contribution in [0.15, 0.2) is 12.3 Å². The highest BCUT2D eigenvalue weighted by atomic mass is 32.1. The Morgan fingerprint density at radius 3 is 2.78 bits per heavy atom. The van der Waals surface area contributed by atoms with Crippen LogP contribution in [0.2, 0.25) is 0 Å². The van der Waals surface area contributed by atoms with E-state index in [2.05, 4.69) is 10.4 Å². The molecule has 0 aliphatic heterocycles. The van der Waals surface area contributed by atoms with Gasteiger partial charge < -0.3 is 11.1 Å². The Balaban J connectivity index is 2.03. The quantitative estimate of drug-likeness (QED) is 0.794. The normalized spacial score (nSPS) is 17.6. The standard InChI is InChI=1S/C12H18N4OS/c1-16-9(4-7-15-16)8-14-11(17)12(10(13)18)5-2-3-6-12/h4,7H,2-3,5-6,8H2,1H3,(H2,13,18)(H,14,17). The van der Waals surface area contributed by atoms with Gasteiger partial charge in [0.25, 0.3) is 0 Å². The van der Waals surface area contributed by atoms with Crippen molar-refractivity contribution in [1.82, 2.24) is 15.1 Å². The smallest absolute Gasteiger partial charge is 0.233 e. The first-order chi connectivity index (χ1) is 8.56. The zero-order valence-electron chi connectivity index (χ0n) is 10.5. The van der Waals surface area contributed by atoms with Crippen molar-refractivity contribution in [1.29, 1.82) is 0 Å². The van der Waals surface area contributed by atoms with Crippen LogP contribution in [0.25, 0.3) is 0 Å². The molecule has 1 aromatic rings. The summed E-state index contributed by atoms with van der Waals surface area (Å²) in [5.41, 5.74) is 6.09. The number of nitrogens with two attached hydrogens (primary N) is 1. The molecule has 1 saturated carbocycles. The lowest BCUT2D eigenvalue weighted by molar-refractivity contribution is -0.127. The minimum absolute atomic E-state index is 0.0475. The van der Waals surface area contributed by atoms with E-state index in [4.69, 9.17) is 18.0 Å². The highest BCUT2D eigenvalue weighted by Crippen LogP contribution is 2.38. The fourth-order valence-corrected chi connectivity index (χ4v) is 2.78. The monoisotopic (exact) mass is 266 g/mol. The number of nitrogens with one attached hydrogen (secondary N) is 1. The Morgan fingerprint density at radius 1 is 1.61 bits per heavy atom. The molecule has 0 bridgehead atoms. The van der Waals surface area contributed by atoms with Gasteiger partial charge in [-0.3, -0.25) is 9.48 Å². The van der Waals surface area contributed by atoms with E-state index in [9.17, 15) is 4.79 Å². The molecule has 0 unspecified atom stereocenters. The summed E-state index contributed by atoms with van der Waals surface area (Å²) < 4.78 is 1.74. The number of carbonyl (C=O) groups excluding carboxylic acids is 1. The average molecular weight is 266 g/mol. The molecule has 1 aliphatic carbocycles. The number of thiocarbonyl (C=S) groups is 1. The third kappa shape index (κ3) is 2.25. The summed E-state index contributed by atoms with van der Waals surface area (Å²) >= 11 is 5.08. The average Bonchev–Trinajstić information content (AvgIpc) is 2.95. The van der Waals surface area contributed by atoms with Crippen LogP contribution in [0, 0.1) is 5.41 Å². The van der Waals surface area contributed by atoms with E-state index in [0.29, 0.717) is 11.5 Å². The van der Waals surface area contributed by atoms with Gasteiger partial charge in [-0.2, -0.15) is 5.10 Å². The summed E-state index contributed by atoms with van der Waals surface area (Å²) in [6, 6.07) is 1.88. The molecule has 0 spiro atoms. The van der Waals surface area contributed by atoms with Crippen LogP contribution in [0.4, 0.5) is 0 Å². The van der Waals surface area contributed by atoms with Crippen LogP contribution in [0.3, 0.4) is 0 Å². The van der Waals surface area contributed by atoms with Crippen LogP contribution in [-0.4, -0.2) is 20.7 Å². The van der Waals surface area contributed by atoms with Gasteiger partial charge in [-0.15, -0.1) is 0 Å². The molecule has 1 heterocycles. The Bertz CT molecular complexity index is 462. The van der Waals surface area contributed by atoms with Gasteiger partial charge in [0.15, 0.2) is 0 Å². The summed E-state index contributed by atoms with van der Waals surface area (Å²) in [7, 11) is 1.85. The second-order valence-corrected chi connectivity index (χ2v) is 5.22. The molecule has 1 aromatic heterocycles. The van der Waals surface area contributed by atoms with Crippen molar-refractivity contribution < 1.29 is 4.79 Å². The van der Waals surface area contributed by atoms with Gasteiger partial charge in [0.1, 0.15) is 0 Å². The lowest BCUT2D eigenvalue weighted by Crippen LogP contribution is -2.47. The van der Waals surface area contributed by atoms with Crippen LogP contribution in [0.5, 0.6) is 0 Å². The predicted molar refractivity (Wildman–Crippen MR) is 72.7 cm³/mol. The molecule has 0 saturated heterocycles. The van der Waals surface area contributed by atoms with E-state index in [1.165, 1.54) is 0 Å². The molecule has 1 aliphatic rings. The fourth-order valence-electron chi connectivity index (χ4n) is 2.48. The van der Waals surface area contributed by atoms with Gasteiger partial charge in [0.05, 0.1) is 22.6 Å². The first-order valence-electron chi connectivity index (χ1n) is 6.11. The highest BCUT2D eigenvalue weighted by molar-refractivity contribution is 7.80. The van der Waals surface area contributed by atoms with Crippen LogP contribution in [0.1, 0.15) is 31.4 Å². The Hall–Kier alpha value is -1.43. The molecule has 5 nitrogen and oxygen atoms in total. The van der Waals surface area contributed by atoms with Crippen molar-refractivity contribution in [2.75, 3.05) is 0 Å². The number of rotatable bonds is 4. The number of hydrogen-bond donors (Lipinski definition) is 2.